The highest BCUT2D eigenvalue weighted by molar-refractivity contribution is 7.09. The van der Waals surface area contributed by atoms with Crippen LogP contribution in [0, 0.1) is 0 Å². The first-order chi connectivity index (χ1) is 7.42. The summed E-state index contributed by atoms with van der Waals surface area (Å²) in [5.74, 6) is 1.51. The number of thiophene rings is 1. The van der Waals surface area contributed by atoms with Gasteiger partial charge < -0.3 is 9.84 Å². The minimum atomic E-state index is 0. The second kappa shape index (κ2) is 4.95. The number of aromatic nitrogens is 2. The van der Waals surface area contributed by atoms with E-state index in [0.717, 1.165) is 31.1 Å². The van der Waals surface area contributed by atoms with Gasteiger partial charge in [-0.25, -0.2) is 0 Å². The maximum Gasteiger partial charge on any atom is 0.243 e. The number of halogens is 1. The third-order valence-electron chi connectivity index (χ3n) is 2.52. The molecule has 16 heavy (non-hydrogen) atoms. The van der Waals surface area contributed by atoms with Crippen molar-refractivity contribution in [1.82, 2.24) is 15.5 Å². The van der Waals surface area contributed by atoms with Crippen LogP contribution in [0.2, 0.25) is 0 Å². The maximum absolute atomic E-state index is 5.20. The van der Waals surface area contributed by atoms with Gasteiger partial charge in [-0.05, 0) is 24.4 Å². The lowest BCUT2D eigenvalue weighted by Crippen LogP contribution is -2.35. The van der Waals surface area contributed by atoms with Crippen LogP contribution in [0.4, 0.5) is 0 Å². The van der Waals surface area contributed by atoms with Crippen LogP contribution in [0.25, 0.3) is 0 Å². The first kappa shape index (κ1) is 11.6. The van der Waals surface area contributed by atoms with Gasteiger partial charge in [0.25, 0.3) is 0 Å². The number of rotatable bonds is 3. The summed E-state index contributed by atoms with van der Waals surface area (Å²) >= 11 is 1.72. The minimum absolute atomic E-state index is 0. The zero-order chi connectivity index (χ0) is 10.1. The first-order valence-corrected chi connectivity index (χ1v) is 5.88. The molecule has 0 amide bonds. The molecule has 1 fully saturated rings. The molecule has 1 saturated heterocycles. The zero-order valence-corrected chi connectivity index (χ0v) is 10.2. The van der Waals surface area contributed by atoms with E-state index in [4.69, 9.17) is 4.52 Å². The Balaban J connectivity index is 0.000000963. The lowest BCUT2D eigenvalue weighted by atomic mass is 10.1. The second-order valence-corrected chi connectivity index (χ2v) is 4.63. The number of nitrogens with zero attached hydrogens (tertiary/aromatic N) is 2. The third kappa shape index (κ3) is 2.26. The molecule has 0 unspecified atom stereocenters. The van der Waals surface area contributed by atoms with Crippen LogP contribution in [0.3, 0.4) is 0 Å². The number of nitrogens with one attached hydrogen (secondary N) is 1. The van der Waals surface area contributed by atoms with E-state index in [1.54, 1.807) is 11.3 Å². The van der Waals surface area contributed by atoms with E-state index in [9.17, 15) is 0 Å². The Morgan fingerprint density at radius 1 is 1.56 bits per heavy atom. The summed E-state index contributed by atoms with van der Waals surface area (Å²) in [5.41, 5.74) is 0. The normalized spacial score (nSPS) is 18.9. The Hall–Kier alpha value is -0.910. The first-order valence-electron chi connectivity index (χ1n) is 5.00. The highest BCUT2D eigenvalue weighted by Gasteiger charge is 2.24. The molecule has 2 aromatic heterocycles. The molecule has 3 rings (SSSR count). The predicted molar refractivity (Wildman–Crippen MR) is 64.0 cm³/mol. The monoisotopic (exact) mass is 257 g/mol. The van der Waals surface area contributed by atoms with Gasteiger partial charge in [-0.2, -0.15) is 4.98 Å². The van der Waals surface area contributed by atoms with Crippen molar-refractivity contribution < 1.29 is 4.52 Å². The zero-order valence-electron chi connectivity index (χ0n) is 8.55. The smallest absolute Gasteiger partial charge is 0.243 e. The molecule has 1 aliphatic heterocycles. The fourth-order valence-corrected chi connectivity index (χ4v) is 2.25. The molecule has 6 heteroatoms. The van der Waals surface area contributed by atoms with Crippen molar-refractivity contribution >= 4 is 23.7 Å². The highest BCUT2D eigenvalue weighted by Crippen LogP contribution is 2.21. The number of hydrogen-bond acceptors (Lipinski definition) is 5. The molecule has 0 aromatic carbocycles. The fraction of sp³-hybridized carbons (Fsp3) is 0.400. The summed E-state index contributed by atoms with van der Waals surface area (Å²) < 4.78 is 5.20. The van der Waals surface area contributed by atoms with E-state index in [1.807, 2.05) is 6.07 Å². The summed E-state index contributed by atoms with van der Waals surface area (Å²) in [6.45, 7) is 1.05. The molecule has 3 heterocycles. The lowest BCUT2D eigenvalue weighted by molar-refractivity contribution is 0.272. The van der Waals surface area contributed by atoms with Gasteiger partial charge in [-0.15, -0.1) is 23.7 Å². The molecular weight excluding hydrogens is 246 g/mol. The Morgan fingerprint density at radius 2 is 2.44 bits per heavy atom. The molecule has 0 saturated carbocycles. The van der Waals surface area contributed by atoms with Gasteiger partial charge in [-0.1, -0.05) is 11.2 Å². The van der Waals surface area contributed by atoms with Crippen LogP contribution in [0.15, 0.2) is 22.0 Å². The summed E-state index contributed by atoms with van der Waals surface area (Å²) in [6.07, 6.45) is 1.87. The molecule has 0 spiro atoms. The summed E-state index contributed by atoms with van der Waals surface area (Å²) in [4.78, 5) is 5.64. The van der Waals surface area contributed by atoms with Gasteiger partial charge in [0, 0.05) is 11.3 Å². The van der Waals surface area contributed by atoms with Gasteiger partial charge in [0.05, 0.1) is 6.04 Å². The van der Waals surface area contributed by atoms with Crippen LogP contribution in [-0.4, -0.2) is 16.7 Å². The quantitative estimate of drug-likeness (QED) is 0.916. The summed E-state index contributed by atoms with van der Waals surface area (Å²) in [6, 6.07) is 4.41. The molecule has 86 valence electrons. The SMILES string of the molecule is Cl.c1csc(Cc2noc([C@H]3CCN3)n2)c1. The van der Waals surface area contributed by atoms with Gasteiger partial charge in [-0.3, -0.25) is 0 Å². The van der Waals surface area contributed by atoms with Gasteiger partial charge in [0.1, 0.15) is 0 Å². The van der Waals surface area contributed by atoms with E-state index < -0.39 is 0 Å². The summed E-state index contributed by atoms with van der Waals surface area (Å²) in [5, 5.41) is 9.27. The molecule has 1 aliphatic rings. The van der Waals surface area contributed by atoms with Crippen molar-refractivity contribution in [3.05, 3.63) is 34.1 Å². The molecule has 0 bridgehead atoms. The van der Waals surface area contributed by atoms with E-state index in [-0.39, 0.29) is 18.4 Å². The van der Waals surface area contributed by atoms with Gasteiger partial charge in [0.15, 0.2) is 5.82 Å². The Bertz CT molecular complexity index is 439. The molecule has 1 atom stereocenters. The standard InChI is InChI=1S/C10H11N3OS.ClH/c1-2-7(15-5-1)6-9-12-10(14-13-9)8-3-4-11-8;/h1-2,5,8,11H,3-4,6H2;1H/t8-;/m1./s1. The molecule has 2 aromatic rings. The van der Waals surface area contributed by atoms with Crippen LogP contribution in [0.5, 0.6) is 0 Å². The van der Waals surface area contributed by atoms with Gasteiger partial charge in [0.2, 0.25) is 5.89 Å². The molecule has 1 N–H and O–H groups in total. The van der Waals surface area contributed by atoms with E-state index in [2.05, 4.69) is 26.9 Å². The van der Waals surface area contributed by atoms with Crippen molar-refractivity contribution in [3.63, 3.8) is 0 Å². The second-order valence-electron chi connectivity index (χ2n) is 3.60. The number of hydrogen-bond donors (Lipinski definition) is 1. The van der Waals surface area contributed by atoms with Crippen molar-refractivity contribution in [2.24, 2.45) is 0 Å². The molecule has 4 nitrogen and oxygen atoms in total. The lowest BCUT2D eigenvalue weighted by Gasteiger charge is -2.23. The van der Waals surface area contributed by atoms with Crippen LogP contribution < -0.4 is 5.32 Å². The van der Waals surface area contributed by atoms with E-state index in [0.29, 0.717) is 0 Å². The molecular formula is C10H12ClN3OS. The van der Waals surface area contributed by atoms with Gasteiger partial charge >= 0.3 is 0 Å². The molecule has 0 aliphatic carbocycles. The third-order valence-corrected chi connectivity index (χ3v) is 3.39. The minimum Gasteiger partial charge on any atom is -0.338 e. The van der Waals surface area contributed by atoms with Crippen LogP contribution in [0.1, 0.15) is 29.1 Å². The van der Waals surface area contributed by atoms with Crippen molar-refractivity contribution in [1.29, 1.82) is 0 Å². The predicted octanol–water partition coefficient (Wildman–Crippen LogP) is 2.18. The van der Waals surface area contributed by atoms with Crippen LogP contribution in [-0.2, 0) is 6.42 Å². The topological polar surface area (TPSA) is 51.0 Å². The average Bonchev–Trinajstić information content (AvgIpc) is 2.75. The Kier molecular flexibility index (Phi) is 3.58. The van der Waals surface area contributed by atoms with E-state index >= 15 is 0 Å². The summed E-state index contributed by atoms with van der Waals surface area (Å²) in [7, 11) is 0. The Labute approximate surface area is 103 Å². The fourth-order valence-electron chi connectivity index (χ4n) is 1.55. The average molecular weight is 258 g/mol. The van der Waals surface area contributed by atoms with Crippen molar-refractivity contribution in [2.75, 3.05) is 6.54 Å². The van der Waals surface area contributed by atoms with Crippen LogP contribution >= 0.6 is 23.7 Å². The van der Waals surface area contributed by atoms with Crippen molar-refractivity contribution in [3.8, 4) is 0 Å². The maximum atomic E-state index is 5.20. The van der Waals surface area contributed by atoms with E-state index in [1.165, 1.54) is 4.88 Å². The largest absolute Gasteiger partial charge is 0.338 e. The highest BCUT2D eigenvalue weighted by atomic mass is 35.5. The van der Waals surface area contributed by atoms with Crippen molar-refractivity contribution in [2.45, 2.75) is 18.9 Å². The Morgan fingerprint density at radius 3 is 3.06 bits per heavy atom. The molecule has 0 radical (unpaired) electrons.